The first-order valence-electron chi connectivity index (χ1n) is 5.63. The Hall–Kier alpha value is -0.650. The number of anilines is 1. The average Bonchev–Trinajstić information content (AvgIpc) is 2.75. The van der Waals surface area contributed by atoms with Crippen molar-refractivity contribution in [1.82, 2.24) is 9.97 Å². The van der Waals surface area contributed by atoms with Gasteiger partial charge >= 0.3 is 0 Å². The zero-order chi connectivity index (χ0) is 13.1. The fourth-order valence-corrected chi connectivity index (χ4v) is 3.04. The molecule has 3 nitrogen and oxygen atoms in total. The zero-order valence-corrected chi connectivity index (χ0v) is 13.2. The number of thiophene rings is 1. The minimum atomic E-state index is 0.175. The summed E-state index contributed by atoms with van der Waals surface area (Å²) >= 11 is 10.9. The van der Waals surface area contributed by atoms with Crippen LogP contribution in [0, 0.1) is 0 Å². The number of rotatable bonds is 4. The molecule has 0 aliphatic rings. The second-order valence-corrected chi connectivity index (χ2v) is 6.41. The topological polar surface area (TPSA) is 37.8 Å². The number of hydrogen-bond donors (Lipinski definition) is 1. The van der Waals surface area contributed by atoms with Crippen molar-refractivity contribution in [3.05, 3.63) is 37.8 Å². The first kappa shape index (κ1) is 13.8. The van der Waals surface area contributed by atoms with Gasteiger partial charge in [0, 0.05) is 17.4 Å². The van der Waals surface area contributed by atoms with Crippen LogP contribution in [0.3, 0.4) is 0 Å². The molecule has 2 heterocycles. The van der Waals surface area contributed by atoms with Gasteiger partial charge in [-0.1, -0.05) is 18.5 Å². The Balaban J connectivity index is 2.16. The summed E-state index contributed by atoms with van der Waals surface area (Å²) in [7, 11) is 0. The van der Waals surface area contributed by atoms with Crippen LogP contribution in [0.25, 0.3) is 0 Å². The molecule has 1 atom stereocenters. The molecule has 2 aromatic heterocycles. The van der Waals surface area contributed by atoms with E-state index in [2.05, 4.69) is 38.1 Å². The molecule has 0 aliphatic heterocycles. The Morgan fingerprint density at radius 2 is 2.22 bits per heavy atom. The molecule has 0 radical (unpaired) electrons. The molecule has 6 heteroatoms. The third-order valence-electron chi connectivity index (χ3n) is 2.44. The van der Waals surface area contributed by atoms with Crippen LogP contribution in [-0.2, 0) is 6.42 Å². The van der Waals surface area contributed by atoms with E-state index in [9.17, 15) is 0 Å². The summed E-state index contributed by atoms with van der Waals surface area (Å²) in [5.41, 5.74) is 0. The van der Waals surface area contributed by atoms with E-state index in [0.717, 1.165) is 27.0 Å². The molecule has 0 spiro atoms. The molecule has 0 aromatic carbocycles. The van der Waals surface area contributed by atoms with Crippen LogP contribution in [0.15, 0.2) is 22.8 Å². The van der Waals surface area contributed by atoms with E-state index in [4.69, 9.17) is 11.6 Å². The second kappa shape index (κ2) is 5.99. The molecule has 18 heavy (non-hydrogen) atoms. The summed E-state index contributed by atoms with van der Waals surface area (Å²) in [5.74, 6) is 1.65. The van der Waals surface area contributed by atoms with E-state index in [-0.39, 0.29) is 6.04 Å². The maximum atomic E-state index is 5.94. The van der Waals surface area contributed by atoms with E-state index in [1.54, 1.807) is 11.3 Å². The molecule has 0 amide bonds. The highest BCUT2D eigenvalue weighted by Gasteiger charge is 2.10. The molecule has 2 aromatic rings. The highest BCUT2D eigenvalue weighted by molar-refractivity contribution is 9.10. The van der Waals surface area contributed by atoms with Crippen molar-refractivity contribution in [3.63, 3.8) is 0 Å². The number of halogens is 2. The summed E-state index contributed by atoms with van der Waals surface area (Å²) < 4.78 is 1.60. The molecule has 0 fully saturated rings. The number of hydrogen-bond acceptors (Lipinski definition) is 4. The molecule has 96 valence electrons. The zero-order valence-electron chi connectivity index (χ0n) is 10.1. The minimum Gasteiger partial charge on any atom is -0.363 e. The van der Waals surface area contributed by atoms with Crippen molar-refractivity contribution in [2.24, 2.45) is 0 Å². The third kappa shape index (κ3) is 3.43. The molecule has 1 unspecified atom stereocenters. The standard InChI is InChI=1S/C12H13BrClN3S/c1-3-11-16-9(13)6-12(17-11)15-7(2)8-4-5-10(14)18-8/h4-7H,3H2,1-2H3,(H,15,16,17). The van der Waals surface area contributed by atoms with Crippen LogP contribution in [0.5, 0.6) is 0 Å². The predicted molar refractivity (Wildman–Crippen MR) is 80.5 cm³/mol. The van der Waals surface area contributed by atoms with Crippen LogP contribution >= 0.6 is 38.9 Å². The number of nitrogens with one attached hydrogen (secondary N) is 1. The lowest BCUT2D eigenvalue weighted by Crippen LogP contribution is -2.08. The van der Waals surface area contributed by atoms with Crippen LogP contribution in [0.4, 0.5) is 5.82 Å². The summed E-state index contributed by atoms with van der Waals surface area (Å²) in [6.07, 6.45) is 0.813. The molecule has 1 N–H and O–H groups in total. The summed E-state index contributed by atoms with van der Waals surface area (Å²) in [5, 5.41) is 3.36. The summed E-state index contributed by atoms with van der Waals surface area (Å²) in [6, 6.07) is 5.99. The quantitative estimate of drug-likeness (QED) is 0.816. The van der Waals surface area contributed by atoms with E-state index in [1.165, 1.54) is 4.88 Å². The molecular weight excluding hydrogens is 334 g/mol. The van der Waals surface area contributed by atoms with Crippen molar-refractivity contribution in [3.8, 4) is 0 Å². The highest BCUT2D eigenvalue weighted by Crippen LogP contribution is 2.28. The Morgan fingerprint density at radius 1 is 1.44 bits per heavy atom. The van der Waals surface area contributed by atoms with Gasteiger partial charge in [0.15, 0.2) is 0 Å². The Morgan fingerprint density at radius 3 is 2.83 bits per heavy atom. The Bertz CT molecular complexity index is 544. The van der Waals surface area contributed by atoms with Crippen LogP contribution in [0.2, 0.25) is 4.34 Å². The van der Waals surface area contributed by atoms with Gasteiger partial charge in [-0.15, -0.1) is 11.3 Å². The van der Waals surface area contributed by atoms with Gasteiger partial charge in [-0.25, -0.2) is 9.97 Å². The Labute approximate surface area is 124 Å². The molecular formula is C12H13BrClN3S. The normalized spacial score (nSPS) is 12.4. The van der Waals surface area contributed by atoms with Crippen LogP contribution < -0.4 is 5.32 Å². The van der Waals surface area contributed by atoms with E-state index < -0.39 is 0 Å². The van der Waals surface area contributed by atoms with Crippen LogP contribution in [0.1, 0.15) is 30.6 Å². The van der Waals surface area contributed by atoms with Gasteiger partial charge in [-0.2, -0.15) is 0 Å². The Kier molecular flexibility index (Phi) is 4.59. The van der Waals surface area contributed by atoms with Crippen molar-refractivity contribution >= 4 is 44.7 Å². The highest BCUT2D eigenvalue weighted by atomic mass is 79.9. The third-order valence-corrected chi connectivity index (χ3v) is 4.26. The predicted octanol–water partition coefficient (Wildman–Crippen LogP) is 4.69. The van der Waals surface area contributed by atoms with Crippen LogP contribution in [-0.4, -0.2) is 9.97 Å². The molecule has 0 saturated carbocycles. The first-order chi connectivity index (χ1) is 8.58. The average molecular weight is 347 g/mol. The largest absolute Gasteiger partial charge is 0.363 e. The van der Waals surface area contributed by atoms with Crippen molar-refractivity contribution in [2.75, 3.05) is 5.32 Å². The minimum absolute atomic E-state index is 0.175. The number of aromatic nitrogens is 2. The second-order valence-electron chi connectivity index (χ2n) is 3.85. The van der Waals surface area contributed by atoms with Gasteiger partial charge in [-0.05, 0) is 35.0 Å². The fourth-order valence-electron chi connectivity index (χ4n) is 1.55. The van der Waals surface area contributed by atoms with Gasteiger partial charge in [0.05, 0.1) is 10.4 Å². The van der Waals surface area contributed by atoms with Gasteiger partial charge in [0.25, 0.3) is 0 Å². The van der Waals surface area contributed by atoms with Crippen molar-refractivity contribution in [2.45, 2.75) is 26.3 Å². The van der Waals surface area contributed by atoms with Crippen molar-refractivity contribution < 1.29 is 0 Å². The van der Waals surface area contributed by atoms with Gasteiger partial charge in [0.1, 0.15) is 16.2 Å². The number of nitrogens with zero attached hydrogens (tertiary/aromatic N) is 2. The summed E-state index contributed by atoms with van der Waals surface area (Å²) in [6.45, 7) is 4.12. The lowest BCUT2D eigenvalue weighted by molar-refractivity contribution is 0.868. The first-order valence-corrected chi connectivity index (χ1v) is 7.62. The molecule has 0 saturated heterocycles. The molecule has 0 bridgehead atoms. The molecule has 0 aliphatic carbocycles. The van der Waals surface area contributed by atoms with Gasteiger partial charge < -0.3 is 5.32 Å². The number of aryl methyl sites for hydroxylation is 1. The van der Waals surface area contributed by atoms with Gasteiger partial charge in [-0.3, -0.25) is 0 Å². The van der Waals surface area contributed by atoms with E-state index in [0.29, 0.717) is 0 Å². The maximum Gasteiger partial charge on any atom is 0.131 e. The molecule has 2 rings (SSSR count). The summed E-state index contributed by atoms with van der Waals surface area (Å²) in [4.78, 5) is 9.92. The smallest absolute Gasteiger partial charge is 0.131 e. The maximum absolute atomic E-state index is 5.94. The SMILES string of the molecule is CCc1nc(Br)cc(NC(C)c2ccc(Cl)s2)n1. The van der Waals surface area contributed by atoms with E-state index >= 15 is 0 Å². The van der Waals surface area contributed by atoms with Crippen molar-refractivity contribution in [1.29, 1.82) is 0 Å². The fraction of sp³-hybridized carbons (Fsp3) is 0.333. The monoisotopic (exact) mass is 345 g/mol. The lowest BCUT2D eigenvalue weighted by atomic mass is 10.3. The van der Waals surface area contributed by atoms with E-state index in [1.807, 2.05) is 25.1 Å². The lowest BCUT2D eigenvalue weighted by Gasteiger charge is -2.13. The van der Waals surface area contributed by atoms with Gasteiger partial charge in [0.2, 0.25) is 0 Å².